The van der Waals surface area contributed by atoms with Crippen LogP contribution in [-0.2, 0) is 9.53 Å². The van der Waals surface area contributed by atoms with Crippen LogP contribution < -0.4 is 10.6 Å². The van der Waals surface area contributed by atoms with Crippen molar-refractivity contribution >= 4 is 39.3 Å². The number of fused-ring (bicyclic) bond motifs is 1. The van der Waals surface area contributed by atoms with Gasteiger partial charge in [0.1, 0.15) is 10.7 Å². The molecule has 6 nitrogen and oxygen atoms in total. The van der Waals surface area contributed by atoms with Gasteiger partial charge < -0.3 is 10.1 Å². The minimum atomic E-state index is -1.15. The van der Waals surface area contributed by atoms with Crippen molar-refractivity contribution in [2.75, 3.05) is 0 Å². The zero-order chi connectivity index (χ0) is 18.7. The quantitative estimate of drug-likeness (QED) is 0.799. The van der Waals surface area contributed by atoms with Crippen LogP contribution in [0, 0.1) is 5.82 Å². The van der Waals surface area contributed by atoms with E-state index in [2.05, 4.69) is 10.6 Å². The second-order valence-corrected chi connectivity index (χ2v) is 7.34. The molecule has 3 amide bonds. The van der Waals surface area contributed by atoms with Crippen LogP contribution in [0.25, 0.3) is 10.1 Å². The molecule has 1 aliphatic rings. The largest absolute Gasteiger partial charge is 0.448 e. The smallest absolute Gasteiger partial charge is 0.349 e. The van der Waals surface area contributed by atoms with Crippen molar-refractivity contribution in [1.82, 2.24) is 10.6 Å². The number of thiophene rings is 1. The lowest BCUT2D eigenvalue weighted by molar-refractivity contribution is -0.127. The minimum absolute atomic E-state index is 0.0779. The third kappa shape index (κ3) is 4.19. The average molecular weight is 378 g/mol. The van der Waals surface area contributed by atoms with E-state index < -0.39 is 29.8 Å². The summed E-state index contributed by atoms with van der Waals surface area (Å²) in [4.78, 5) is 36.2. The van der Waals surface area contributed by atoms with Crippen molar-refractivity contribution in [2.45, 2.75) is 44.8 Å². The van der Waals surface area contributed by atoms with Gasteiger partial charge in [-0.1, -0.05) is 18.9 Å². The van der Waals surface area contributed by atoms with E-state index in [1.165, 1.54) is 19.1 Å². The predicted molar refractivity (Wildman–Crippen MR) is 95.6 cm³/mol. The Labute approximate surface area is 153 Å². The van der Waals surface area contributed by atoms with Crippen molar-refractivity contribution < 1.29 is 23.5 Å². The van der Waals surface area contributed by atoms with E-state index in [-0.39, 0.29) is 10.9 Å². The van der Waals surface area contributed by atoms with Crippen molar-refractivity contribution in [3.05, 3.63) is 35.0 Å². The van der Waals surface area contributed by atoms with Crippen LogP contribution in [0.15, 0.2) is 24.3 Å². The molecular weight excluding hydrogens is 359 g/mol. The summed E-state index contributed by atoms with van der Waals surface area (Å²) >= 11 is 1.08. The SMILES string of the molecule is C[C@@H](OC(=O)c1cc2c(F)cccc2s1)C(=O)NC(=O)NC1CCCC1. The second-order valence-electron chi connectivity index (χ2n) is 6.25. The van der Waals surface area contributed by atoms with Gasteiger partial charge in [0, 0.05) is 16.1 Å². The van der Waals surface area contributed by atoms with Gasteiger partial charge in [-0.05, 0) is 38.0 Å². The first kappa shape index (κ1) is 18.3. The Balaban J connectivity index is 1.56. The molecule has 0 bridgehead atoms. The summed E-state index contributed by atoms with van der Waals surface area (Å²) in [5.41, 5.74) is 0. The summed E-state index contributed by atoms with van der Waals surface area (Å²) in [5.74, 6) is -1.86. The Morgan fingerprint density at radius 3 is 2.69 bits per heavy atom. The fraction of sp³-hybridized carbons (Fsp3) is 0.389. The van der Waals surface area contributed by atoms with Crippen LogP contribution in [-0.4, -0.2) is 30.1 Å². The highest BCUT2D eigenvalue weighted by atomic mass is 32.1. The van der Waals surface area contributed by atoms with Crippen LogP contribution in [0.1, 0.15) is 42.3 Å². The van der Waals surface area contributed by atoms with Gasteiger partial charge in [-0.15, -0.1) is 11.3 Å². The van der Waals surface area contributed by atoms with E-state index in [1.54, 1.807) is 12.1 Å². The topological polar surface area (TPSA) is 84.5 Å². The fourth-order valence-electron chi connectivity index (χ4n) is 2.90. The Kier molecular flexibility index (Phi) is 5.51. The molecule has 0 unspecified atom stereocenters. The summed E-state index contributed by atoms with van der Waals surface area (Å²) in [5, 5.41) is 5.23. The van der Waals surface area contributed by atoms with Crippen LogP contribution in [0.3, 0.4) is 0 Å². The Morgan fingerprint density at radius 1 is 1.27 bits per heavy atom. The lowest BCUT2D eigenvalue weighted by Crippen LogP contribution is -2.47. The molecule has 0 aliphatic heterocycles. The van der Waals surface area contributed by atoms with Crippen LogP contribution in [0.4, 0.5) is 9.18 Å². The molecule has 1 aromatic carbocycles. The standard InChI is InChI=1S/C18H19FN2O4S/c1-10(16(22)21-18(24)20-11-5-2-3-6-11)25-17(23)15-9-12-13(19)7-4-8-14(12)26-15/h4,7-11H,2-3,5-6H2,1H3,(H2,20,21,22,24)/t10-/m1/s1. The van der Waals surface area contributed by atoms with Crippen LogP contribution in [0.5, 0.6) is 0 Å². The number of amides is 3. The van der Waals surface area contributed by atoms with Gasteiger partial charge in [-0.25, -0.2) is 14.0 Å². The van der Waals surface area contributed by atoms with E-state index in [1.807, 2.05) is 0 Å². The average Bonchev–Trinajstić information content (AvgIpc) is 3.24. The molecule has 2 aromatic rings. The fourth-order valence-corrected chi connectivity index (χ4v) is 3.86. The van der Waals surface area contributed by atoms with Gasteiger partial charge in [0.15, 0.2) is 6.10 Å². The normalized spacial score (nSPS) is 15.6. The van der Waals surface area contributed by atoms with Crippen LogP contribution >= 0.6 is 11.3 Å². The summed E-state index contributed by atoms with van der Waals surface area (Å²) < 4.78 is 19.4. The van der Waals surface area contributed by atoms with Crippen molar-refractivity contribution in [1.29, 1.82) is 0 Å². The van der Waals surface area contributed by atoms with E-state index >= 15 is 0 Å². The highest BCUT2D eigenvalue weighted by Gasteiger charge is 2.24. The molecule has 1 aliphatic carbocycles. The molecule has 0 saturated heterocycles. The van der Waals surface area contributed by atoms with Gasteiger partial charge in [-0.2, -0.15) is 0 Å². The molecule has 0 spiro atoms. The molecule has 1 fully saturated rings. The molecule has 2 N–H and O–H groups in total. The molecular formula is C18H19FN2O4S. The number of ether oxygens (including phenoxy) is 1. The van der Waals surface area contributed by atoms with Gasteiger partial charge in [0.25, 0.3) is 5.91 Å². The zero-order valence-electron chi connectivity index (χ0n) is 14.2. The van der Waals surface area contributed by atoms with Gasteiger partial charge in [0.2, 0.25) is 0 Å². The Hall–Kier alpha value is -2.48. The van der Waals surface area contributed by atoms with E-state index in [4.69, 9.17) is 4.74 Å². The van der Waals surface area contributed by atoms with Crippen LogP contribution in [0.2, 0.25) is 0 Å². The summed E-state index contributed by atoms with van der Waals surface area (Å²) in [6.07, 6.45) is 2.76. The zero-order valence-corrected chi connectivity index (χ0v) is 15.0. The number of halogens is 1. The molecule has 1 heterocycles. The van der Waals surface area contributed by atoms with E-state index in [9.17, 15) is 18.8 Å². The predicted octanol–water partition coefficient (Wildman–Crippen LogP) is 3.35. The molecule has 1 saturated carbocycles. The third-order valence-electron chi connectivity index (χ3n) is 4.29. The summed E-state index contributed by atoms with van der Waals surface area (Å²) in [7, 11) is 0. The number of rotatable bonds is 4. The number of hydrogen-bond donors (Lipinski definition) is 2. The maximum atomic E-state index is 13.7. The number of nitrogens with one attached hydrogen (secondary N) is 2. The number of esters is 1. The summed E-state index contributed by atoms with van der Waals surface area (Å²) in [6, 6.07) is 5.45. The first-order chi connectivity index (χ1) is 12.4. The maximum absolute atomic E-state index is 13.7. The maximum Gasteiger partial charge on any atom is 0.349 e. The lowest BCUT2D eigenvalue weighted by Gasteiger charge is -2.15. The van der Waals surface area contributed by atoms with E-state index in [0.29, 0.717) is 10.1 Å². The van der Waals surface area contributed by atoms with Crippen molar-refractivity contribution in [2.24, 2.45) is 0 Å². The molecule has 1 aromatic heterocycles. The Morgan fingerprint density at radius 2 is 2.00 bits per heavy atom. The number of urea groups is 1. The number of imide groups is 1. The third-order valence-corrected chi connectivity index (χ3v) is 5.37. The number of carbonyl (C=O) groups is 3. The molecule has 26 heavy (non-hydrogen) atoms. The first-order valence-corrected chi connectivity index (χ1v) is 9.26. The van der Waals surface area contributed by atoms with Crippen molar-refractivity contribution in [3.8, 4) is 0 Å². The number of carbonyl (C=O) groups excluding carboxylic acids is 3. The lowest BCUT2D eigenvalue weighted by atomic mass is 10.2. The molecule has 3 rings (SSSR count). The number of benzene rings is 1. The molecule has 8 heteroatoms. The number of hydrogen-bond acceptors (Lipinski definition) is 5. The second kappa shape index (κ2) is 7.82. The highest BCUT2D eigenvalue weighted by molar-refractivity contribution is 7.20. The van der Waals surface area contributed by atoms with Crippen molar-refractivity contribution in [3.63, 3.8) is 0 Å². The first-order valence-electron chi connectivity index (χ1n) is 8.44. The van der Waals surface area contributed by atoms with Gasteiger partial charge >= 0.3 is 12.0 Å². The summed E-state index contributed by atoms with van der Waals surface area (Å²) in [6.45, 7) is 1.38. The Bertz CT molecular complexity index is 845. The van der Waals surface area contributed by atoms with E-state index in [0.717, 1.165) is 37.0 Å². The van der Waals surface area contributed by atoms with Gasteiger partial charge in [-0.3, -0.25) is 10.1 Å². The molecule has 138 valence electrons. The minimum Gasteiger partial charge on any atom is -0.448 e. The monoisotopic (exact) mass is 378 g/mol. The molecule has 0 radical (unpaired) electrons. The van der Waals surface area contributed by atoms with Gasteiger partial charge in [0.05, 0.1) is 0 Å². The highest BCUT2D eigenvalue weighted by Crippen LogP contribution is 2.28. The molecule has 1 atom stereocenters.